The lowest BCUT2D eigenvalue weighted by molar-refractivity contribution is 0.0508. The summed E-state index contributed by atoms with van der Waals surface area (Å²) in [5.74, 6) is 0.610. The van der Waals surface area contributed by atoms with Gasteiger partial charge in [0.1, 0.15) is 5.82 Å². The Balaban J connectivity index is 2.03. The molecule has 0 amide bonds. The summed E-state index contributed by atoms with van der Waals surface area (Å²) >= 11 is 6.54. The van der Waals surface area contributed by atoms with E-state index < -0.39 is 0 Å². The predicted octanol–water partition coefficient (Wildman–Crippen LogP) is 4.04. The molecule has 1 aromatic carbocycles. The van der Waals surface area contributed by atoms with E-state index in [4.69, 9.17) is 16.3 Å². The monoisotopic (exact) mass is 270 g/mol. The third-order valence-corrected chi connectivity index (χ3v) is 4.53. The molecule has 1 heterocycles. The van der Waals surface area contributed by atoms with Gasteiger partial charge in [-0.3, -0.25) is 0 Å². The van der Waals surface area contributed by atoms with Gasteiger partial charge in [0.15, 0.2) is 0 Å². The Morgan fingerprint density at radius 3 is 2.28 bits per heavy atom. The minimum absolute atomic E-state index is 0.0328. The topological polar surface area (TPSA) is 9.23 Å². The first-order chi connectivity index (χ1) is 8.49. The summed E-state index contributed by atoms with van der Waals surface area (Å²) in [6.07, 6.45) is 1.22. The molecule has 0 spiro atoms. The van der Waals surface area contributed by atoms with E-state index in [1.807, 2.05) is 0 Å². The molecular formula is C15H20ClFO. The smallest absolute Gasteiger partial charge is 0.123 e. The molecule has 0 N–H and O–H groups in total. The number of halogens is 2. The zero-order valence-corrected chi connectivity index (χ0v) is 11.8. The highest BCUT2D eigenvalue weighted by Gasteiger charge is 2.40. The maximum atomic E-state index is 12.8. The van der Waals surface area contributed by atoms with Gasteiger partial charge >= 0.3 is 0 Å². The summed E-state index contributed by atoms with van der Waals surface area (Å²) in [4.78, 5) is 0. The molecule has 5 unspecified atom stereocenters. The first kappa shape index (κ1) is 13.8. The molecule has 18 heavy (non-hydrogen) atoms. The zero-order valence-electron chi connectivity index (χ0n) is 11.1. The molecule has 1 saturated heterocycles. The zero-order chi connectivity index (χ0) is 13.3. The SMILES string of the molecule is CC1OC(C)C(C(Cl)Cc2ccc(F)cc2)C1C. The lowest BCUT2D eigenvalue weighted by Gasteiger charge is -2.24. The molecule has 1 aromatic rings. The van der Waals surface area contributed by atoms with Crippen molar-refractivity contribution in [2.45, 2.75) is 44.8 Å². The number of alkyl halides is 1. The Labute approximate surface area is 113 Å². The summed E-state index contributed by atoms with van der Waals surface area (Å²) in [5.41, 5.74) is 1.08. The average Bonchev–Trinajstić information content (AvgIpc) is 2.56. The van der Waals surface area contributed by atoms with Gasteiger partial charge in [-0.05, 0) is 43.9 Å². The Kier molecular flexibility index (Phi) is 4.29. The number of rotatable bonds is 3. The summed E-state index contributed by atoms with van der Waals surface area (Å²) in [6.45, 7) is 6.38. The Hall–Kier alpha value is -0.600. The van der Waals surface area contributed by atoms with E-state index in [0.717, 1.165) is 12.0 Å². The second-order valence-electron chi connectivity index (χ2n) is 5.33. The number of hydrogen-bond donors (Lipinski definition) is 0. The van der Waals surface area contributed by atoms with Crippen LogP contribution in [-0.4, -0.2) is 17.6 Å². The van der Waals surface area contributed by atoms with Crippen molar-refractivity contribution in [1.82, 2.24) is 0 Å². The Bertz CT molecular complexity index is 392. The van der Waals surface area contributed by atoms with Gasteiger partial charge in [0, 0.05) is 11.3 Å². The number of benzene rings is 1. The van der Waals surface area contributed by atoms with Gasteiger partial charge in [0.05, 0.1) is 12.2 Å². The molecule has 3 heteroatoms. The molecule has 5 atom stereocenters. The maximum Gasteiger partial charge on any atom is 0.123 e. The van der Waals surface area contributed by atoms with E-state index >= 15 is 0 Å². The molecule has 1 nitrogen and oxygen atoms in total. The van der Waals surface area contributed by atoms with Crippen molar-refractivity contribution in [3.05, 3.63) is 35.6 Å². The minimum atomic E-state index is -0.204. The highest BCUT2D eigenvalue weighted by Crippen LogP contribution is 2.37. The summed E-state index contributed by atoms with van der Waals surface area (Å²) in [5, 5.41) is 0.0328. The quantitative estimate of drug-likeness (QED) is 0.754. The van der Waals surface area contributed by atoms with Gasteiger partial charge in [-0.25, -0.2) is 4.39 Å². The number of ether oxygens (including phenoxy) is 1. The molecule has 1 aliphatic rings. The van der Waals surface area contributed by atoms with Crippen molar-refractivity contribution >= 4 is 11.6 Å². The van der Waals surface area contributed by atoms with E-state index in [1.165, 1.54) is 12.1 Å². The molecule has 0 aromatic heterocycles. The van der Waals surface area contributed by atoms with Crippen LogP contribution in [0.2, 0.25) is 0 Å². The van der Waals surface area contributed by atoms with Crippen LogP contribution in [0, 0.1) is 17.7 Å². The van der Waals surface area contributed by atoms with Crippen molar-refractivity contribution in [3.63, 3.8) is 0 Å². The lowest BCUT2D eigenvalue weighted by atomic mass is 9.84. The molecule has 0 radical (unpaired) electrons. The molecule has 0 aliphatic carbocycles. The minimum Gasteiger partial charge on any atom is -0.375 e. The van der Waals surface area contributed by atoms with E-state index in [2.05, 4.69) is 20.8 Å². The second-order valence-corrected chi connectivity index (χ2v) is 5.89. The molecule has 0 saturated carbocycles. The van der Waals surface area contributed by atoms with Gasteiger partial charge in [-0.15, -0.1) is 11.6 Å². The summed E-state index contributed by atoms with van der Waals surface area (Å²) in [6, 6.07) is 6.58. The van der Waals surface area contributed by atoms with Crippen molar-refractivity contribution in [3.8, 4) is 0 Å². The third kappa shape index (κ3) is 2.86. The van der Waals surface area contributed by atoms with Gasteiger partial charge in [0.2, 0.25) is 0 Å². The van der Waals surface area contributed by atoms with Crippen LogP contribution in [0.5, 0.6) is 0 Å². The van der Waals surface area contributed by atoms with Crippen LogP contribution in [0.3, 0.4) is 0 Å². The summed E-state index contributed by atoms with van der Waals surface area (Å²) in [7, 11) is 0. The van der Waals surface area contributed by atoms with E-state index in [9.17, 15) is 4.39 Å². The molecule has 1 aliphatic heterocycles. The van der Waals surface area contributed by atoms with Crippen molar-refractivity contribution < 1.29 is 9.13 Å². The van der Waals surface area contributed by atoms with Gasteiger partial charge in [-0.2, -0.15) is 0 Å². The Morgan fingerprint density at radius 2 is 1.78 bits per heavy atom. The largest absolute Gasteiger partial charge is 0.375 e. The predicted molar refractivity (Wildman–Crippen MR) is 72.4 cm³/mol. The maximum absolute atomic E-state index is 12.8. The average molecular weight is 271 g/mol. The van der Waals surface area contributed by atoms with Crippen LogP contribution in [-0.2, 0) is 11.2 Å². The normalized spacial score (nSPS) is 33.6. The van der Waals surface area contributed by atoms with Crippen LogP contribution < -0.4 is 0 Å². The highest BCUT2D eigenvalue weighted by molar-refractivity contribution is 6.21. The molecular weight excluding hydrogens is 251 g/mol. The first-order valence-electron chi connectivity index (χ1n) is 6.53. The fraction of sp³-hybridized carbons (Fsp3) is 0.600. The van der Waals surface area contributed by atoms with Gasteiger partial charge in [0.25, 0.3) is 0 Å². The third-order valence-electron chi connectivity index (χ3n) is 4.08. The van der Waals surface area contributed by atoms with Gasteiger partial charge in [-0.1, -0.05) is 19.1 Å². The van der Waals surface area contributed by atoms with E-state index in [0.29, 0.717) is 11.8 Å². The second kappa shape index (κ2) is 5.58. The van der Waals surface area contributed by atoms with Crippen LogP contribution in [0.4, 0.5) is 4.39 Å². The van der Waals surface area contributed by atoms with Crippen LogP contribution in [0.15, 0.2) is 24.3 Å². The molecule has 0 bridgehead atoms. The van der Waals surface area contributed by atoms with Crippen LogP contribution >= 0.6 is 11.6 Å². The first-order valence-corrected chi connectivity index (χ1v) is 6.96. The Morgan fingerprint density at radius 1 is 1.17 bits per heavy atom. The van der Waals surface area contributed by atoms with E-state index in [1.54, 1.807) is 12.1 Å². The van der Waals surface area contributed by atoms with Gasteiger partial charge < -0.3 is 4.74 Å². The fourth-order valence-electron chi connectivity index (χ4n) is 2.90. The molecule has 100 valence electrons. The standard InChI is InChI=1S/C15H20ClFO/c1-9-10(2)18-11(3)15(9)14(16)8-12-4-6-13(17)7-5-12/h4-7,9-11,14-15H,8H2,1-3H3. The molecule has 1 fully saturated rings. The van der Waals surface area contributed by atoms with E-state index in [-0.39, 0.29) is 23.4 Å². The van der Waals surface area contributed by atoms with Crippen LogP contribution in [0.25, 0.3) is 0 Å². The summed E-state index contributed by atoms with van der Waals surface area (Å²) < 4.78 is 18.7. The molecule has 2 rings (SSSR count). The van der Waals surface area contributed by atoms with Crippen molar-refractivity contribution in [2.75, 3.05) is 0 Å². The lowest BCUT2D eigenvalue weighted by Crippen LogP contribution is -2.28. The van der Waals surface area contributed by atoms with Crippen molar-refractivity contribution in [1.29, 1.82) is 0 Å². The number of hydrogen-bond acceptors (Lipinski definition) is 1. The highest BCUT2D eigenvalue weighted by atomic mass is 35.5. The van der Waals surface area contributed by atoms with Crippen LogP contribution in [0.1, 0.15) is 26.3 Å². The fourth-order valence-corrected chi connectivity index (χ4v) is 3.51. The van der Waals surface area contributed by atoms with Crippen molar-refractivity contribution in [2.24, 2.45) is 11.8 Å².